The molecule has 162 valence electrons. The Bertz CT molecular complexity index is 1040. The van der Waals surface area contributed by atoms with Gasteiger partial charge in [-0.3, -0.25) is 10.1 Å². The summed E-state index contributed by atoms with van der Waals surface area (Å²) >= 11 is 1.24. The van der Waals surface area contributed by atoms with E-state index in [9.17, 15) is 18.0 Å². The summed E-state index contributed by atoms with van der Waals surface area (Å²) in [5.41, 5.74) is -2.28. The van der Waals surface area contributed by atoms with Crippen molar-refractivity contribution in [3.8, 4) is 0 Å². The number of carbonyl (C=O) groups is 1. The first-order valence-electron chi connectivity index (χ1n) is 9.75. The first kappa shape index (κ1) is 21.3. The number of allylic oxidation sites excluding steroid dienone is 1. The number of aromatic nitrogens is 1. The summed E-state index contributed by atoms with van der Waals surface area (Å²) in [4.78, 5) is 17.0. The van der Waals surface area contributed by atoms with Gasteiger partial charge in [0, 0.05) is 22.7 Å². The Morgan fingerprint density at radius 3 is 2.55 bits per heavy atom. The summed E-state index contributed by atoms with van der Waals surface area (Å²) in [7, 11) is 0. The van der Waals surface area contributed by atoms with Gasteiger partial charge in [-0.25, -0.2) is 4.98 Å². The molecule has 1 aromatic heterocycles. The lowest BCUT2D eigenvalue weighted by molar-refractivity contribution is -0.138. The lowest BCUT2D eigenvalue weighted by Crippen LogP contribution is -2.21. The Hall–Kier alpha value is -2.95. The van der Waals surface area contributed by atoms with Crippen molar-refractivity contribution in [3.05, 3.63) is 52.5 Å². The zero-order chi connectivity index (χ0) is 22.1. The van der Waals surface area contributed by atoms with Crippen LogP contribution in [0.5, 0.6) is 0 Å². The highest BCUT2D eigenvalue weighted by Gasteiger charge is 2.42. The van der Waals surface area contributed by atoms with E-state index in [1.54, 1.807) is 17.7 Å². The fraction of sp³-hybridized carbons (Fsp3) is 0.400. The van der Waals surface area contributed by atoms with Crippen molar-refractivity contribution in [2.75, 3.05) is 5.32 Å². The number of anilines is 1. The van der Waals surface area contributed by atoms with Crippen LogP contribution in [0.3, 0.4) is 0 Å². The molecule has 0 unspecified atom stereocenters. The third-order valence-corrected chi connectivity index (χ3v) is 6.05. The van der Waals surface area contributed by atoms with Crippen molar-refractivity contribution in [1.29, 1.82) is 0 Å². The largest absolute Gasteiger partial charge is 0.416 e. The average Bonchev–Trinajstić information content (AvgIpc) is 3.49. The Balaban J connectivity index is 1.78. The quantitative estimate of drug-likeness (QED) is 0.538. The first-order valence-corrected chi connectivity index (χ1v) is 10.6. The smallest absolute Gasteiger partial charge is 0.298 e. The molecule has 0 radical (unpaired) electrons. The molecule has 1 aliphatic carbocycles. The van der Waals surface area contributed by atoms with Crippen LogP contribution >= 0.6 is 11.3 Å². The summed E-state index contributed by atoms with van der Waals surface area (Å²) < 4.78 is 41.9. The van der Waals surface area contributed by atoms with Crippen LogP contribution in [0.15, 0.2) is 56.5 Å². The van der Waals surface area contributed by atoms with Crippen LogP contribution in [-0.2, 0) is 16.6 Å². The number of alkyl halides is 3. The van der Waals surface area contributed by atoms with Gasteiger partial charge >= 0.3 is 6.18 Å². The Kier molecular flexibility index (Phi) is 5.69. The maximum atomic E-state index is 14.0. The molecule has 0 spiro atoms. The minimum atomic E-state index is -4.67. The lowest BCUT2D eigenvalue weighted by Gasteiger charge is -2.21. The van der Waals surface area contributed by atoms with E-state index in [0.717, 1.165) is 31.7 Å². The second-order valence-corrected chi connectivity index (χ2v) is 8.47. The highest BCUT2D eigenvalue weighted by atomic mass is 32.1. The van der Waals surface area contributed by atoms with E-state index in [1.165, 1.54) is 30.4 Å². The van der Waals surface area contributed by atoms with Gasteiger partial charge in [-0.1, -0.05) is 31.1 Å². The van der Waals surface area contributed by atoms with Gasteiger partial charge in [0.2, 0.25) is 5.66 Å². The molecular formula is C20H19F3N6OS. The van der Waals surface area contributed by atoms with E-state index in [1.807, 2.05) is 0 Å². The molecule has 1 amide bonds. The Morgan fingerprint density at radius 1 is 1.23 bits per heavy atom. The molecule has 0 bridgehead atoms. The summed E-state index contributed by atoms with van der Waals surface area (Å²) in [5.74, 6) is -0.352. The molecule has 1 saturated carbocycles. The number of hydrogen-bond donors (Lipinski definition) is 1. The third-order valence-electron chi connectivity index (χ3n) is 5.36. The van der Waals surface area contributed by atoms with Crippen molar-refractivity contribution in [2.24, 2.45) is 26.6 Å². The van der Waals surface area contributed by atoms with Crippen LogP contribution in [0.1, 0.15) is 49.3 Å². The number of carbonyl (C=O) groups excluding carboxylic acids is 1. The van der Waals surface area contributed by atoms with Gasteiger partial charge in [-0.2, -0.15) is 13.2 Å². The first-order chi connectivity index (χ1) is 14.8. The number of thiazole rings is 1. The van der Waals surface area contributed by atoms with Crippen molar-refractivity contribution in [2.45, 2.75) is 44.4 Å². The van der Waals surface area contributed by atoms with E-state index in [2.05, 4.69) is 31.0 Å². The molecule has 1 aliphatic heterocycles. The second-order valence-electron chi connectivity index (χ2n) is 7.57. The van der Waals surface area contributed by atoms with Crippen LogP contribution in [0.4, 0.5) is 18.3 Å². The maximum absolute atomic E-state index is 14.0. The van der Waals surface area contributed by atoms with Crippen molar-refractivity contribution in [1.82, 2.24) is 4.98 Å². The van der Waals surface area contributed by atoms with Gasteiger partial charge in [0.05, 0.1) is 5.56 Å². The molecule has 11 heteroatoms. The molecule has 2 heterocycles. The van der Waals surface area contributed by atoms with Gasteiger partial charge in [0.1, 0.15) is 0 Å². The molecule has 31 heavy (non-hydrogen) atoms. The Labute approximate surface area is 180 Å². The zero-order valence-corrected chi connectivity index (χ0v) is 17.4. The number of benzene rings is 1. The summed E-state index contributed by atoms with van der Waals surface area (Å²) in [6.07, 6.45) is 2.51. The van der Waals surface area contributed by atoms with Crippen molar-refractivity contribution < 1.29 is 18.0 Å². The average molecular weight is 448 g/mol. The number of nitrogens with zero attached hydrogens (tertiary/aromatic N) is 5. The summed E-state index contributed by atoms with van der Waals surface area (Å²) in [6, 6.07) is 3.76. The highest BCUT2D eigenvalue weighted by Crippen LogP contribution is 2.42. The SMILES string of the molecule is CC1(c2ccc(/C(=C\C3CCCC3)C(=O)Nc3nccs3)cc2C(F)(F)F)N=NN=N1. The van der Waals surface area contributed by atoms with E-state index in [4.69, 9.17) is 0 Å². The van der Waals surface area contributed by atoms with E-state index in [0.29, 0.717) is 5.13 Å². The van der Waals surface area contributed by atoms with E-state index >= 15 is 0 Å². The number of amides is 1. The van der Waals surface area contributed by atoms with Crippen LogP contribution in [0, 0.1) is 5.92 Å². The molecule has 0 atom stereocenters. The third kappa shape index (κ3) is 4.55. The maximum Gasteiger partial charge on any atom is 0.416 e. The van der Waals surface area contributed by atoms with E-state index in [-0.39, 0.29) is 22.6 Å². The summed E-state index contributed by atoms with van der Waals surface area (Å²) in [5, 5.41) is 19.0. The van der Waals surface area contributed by atoms with Gasteiger partial charge in [-0.15, -0.1) is 21.6 Å². The molecule has 2 aliphatic rings. The normalized spacial score (nSPS) is 18.6. The van der Waals surface area contributed by atoms with Gasteiger partial charge in [0.25, 0.3) is 5.91 Å². The van der Waals surface area contributed by atoms with Gasteiger partial charge < -0.3 is 0 Å². The molecule has 1 aromatic carbocycles. The number of nitrogens with one attached hydrogen (secondary N) is 1. The fourth-order valence-corrected chi connectivity index (χ4v) is 4.34. The van der Waals surface area contributed by atoms with Crippen molar-refractivity contribution >= 4 is 27.9 Å². The molecule has 7 nitrogen and oxygen atoms in total. The van der Waals surface area contributed by atoms with E-state index < -0.39 is 23.3 Å². The predicted octanol–water partition coefficient (Wildman–Crippen LogP) is 6.38. The predicted molar refractivity (Wildman–Crippen MR) is 109 cm³/mol. The fourth-order valence-electron chi connectivity index (χ4n) is 3.81. The summed E-state index contributed by atoms with van der Waals surface area (Å²) in [6.45, 7) is 1.40. The van der Waals surface area contributed by atoms with Gasteiger partial charge in [-0.05, 0) is 47.8 Å². The second kappa shape index (κ2) is 8.29. The number of hydrogen-bond acceptors (Lipinski definition) is 7. The number of rotatable bonds is 5. The monoisotopic (exact) mass is 448 g/mol. The zero-order valence-electron chi connectivity index (χ0n) is 16.6. The highest BCUT2D eigenvalue weighted by molar-refractivity contribution is 7.13. The molecule has 1 N–H and O–H groups in total. The minimum Gasteiger partial charge on any atom is -0.298 e. The molecule has 4 rings (SSSR count). The molecule has 2 aromatic rings. The standard InChI is InChI=1S/C20H19F3N6OS/c1-19(26-28-29-27-19)15-7-6-13(11-16(15)20(21,22)23)14(10-12-4-2-3-5-12)17(30)25-18-24-8-9-31-18/h6-12H,2-5H2,1H3,(H,24,25,30)/b14-10+. The van der Waals surface area contributed by atoms with Crippen LogP contribution in [0.25, 0.3) is 5.57 Å². The molecular weight excluding hydrogens is 429 g/mol. The molecule has 0 saturated heterocycles. The van der Waals surface area contributed by atoms with Crippen molar-refractivity contribution in [3.63, 3.8) is 0 Å². The number of halogens is 3. The van der Waals surface area contributed by atoms with Crippen LogP contribution in [-0.4, -0.2) is 10.9 Å². The Morgan fingerprint density at radius 2 is 1.94 bits per heavy atom. The van der Waals surface area contributed by atoms with Crippen LogP contribution < -0.4 is 5.32 Å². The van der Waals surface area contributed by atoms with Crippen LogP contribution in [0.2, 0.25) is 0 Å². The lowest BCUT2D eigenvalue weighted by atomic mass is 9.91. The minimum absolute atomic E-state index is 0.140. The molecule has 1 fully saturated rings. The topological polar surface area (TPSA) is 91.4 Å². The van der Waals surface area contributed by atoms with Gasteiger partial charge in [0.15, 0.2) is 5.13 Å².